The van der Waals surface area contributed by atoms with Crippen LogP contribution < -0.4 is 11.3 Å². The fraction of sp³-hybridized carbons (Fsp3) is 0.0833. The highest BCUT2D eigenvalue weighted by Gasteiger charge is 2.13. The number of nitrogens with two attached hydrogens (primary N) is 1. The quantitative estimate of drug-likeness (QED) is 0.426. The van der Waals surface area contributed by atoms with Crippen molar-refractivity contribution in [3.05, 3.63) is 46.2 Å². The van der Waals surface area contributed by atoms with Crippen molar-refractivity contribution >= 4 is 28.3 Å². The zero-order valence-electron chi connectivity index (χ0n) is 9.91. The predicted molar refractivity (Wildman–Crippen MR) is 72.6 cm³/mol. The van der Waals surface area contributed by atoms with E-state index in [0.717, 1.165) is 16.6 Å². The Morgan fingerprint density at radius 1 is 1.37 bits per heavy atom. The number of rotatable bonds is 3. The number of thiophene rings is 1. The monoisotopic (exact) mass is 273 g/mol. The van der Waals surface area contributed by atoms with Gasteiger partial charge in [0.2, 0.25) is 0 Å². The Morgan fingerprint density at radius 3 is 3.05 bits per heavy atom. The van der Waals surface area contributed by atoms with Crippen molar-refractivity contribution in [2.24, 2.45) is 5.84 Å². The van der Waals surface area contributed by atoms with E-state index in [-0.39, 0.29) is 5.91 Å². The van der Waals surface area contributed by atoms with Crippen molar-refractivity contribution in [3.63, 3.8) is 0 Å². The van der Waals surface area contributed by atoms with Crippen molar-refractivity contribution < 1.29 is 4.79 Å². The van der Waals surface area contributed by atoms with Gasteiger partial charge in [-0.2, -0.15) is 0 Å². The highest BCUT2D eigenvalue weighted by Crippen LogP contribution is 2.19. The van der Waals surface area contributed by atoms with Gasteiger partial charge in [-0.25, -0.2) is 10.5 Å². The molecule has 0 bridgehead atoms. The predicted octanol–water partition coefficient (Wildman–Crippen LogP) is 1.14. The lowest BCUT2D eigenvalue weighted by Gasteiger charge is -2.03. The SMILES string of the molecule is NNC(=O)c1sccc1Cn1nnc2ccccc21. The summed E-state index contributed by atoms with van der Waals surface area (Å²) in [6.45, 7) is 0.493. The van der Waals surface area contributed by atoms with Gasteiger partial charge in [-0.1, -0.05) is 17.3 Å². The summed E-state index contributed by atoms with van der Waals surface area (Å²) in [6, 6.07) is 9.60. The van der Waals surface area contributed by atoms with E-state index < -0.39 is 0 Å². The minimum absolute atomic E-state index is 0.283. The van der Waals surface area contributed by atoms with E-state index in [2.05, 4.69) is 15.7 Å². The second kappa shape index (κ2) is 4.79. The van der Waals surface area contributed by atoms with Gasteiger partial charge in [0.25, 0.3) is 5.91 Å². The minimum atomic E-state index is -0.283. The second-order valence-corrected chi connectivity index (χ2v) is 4.90. The van der Waals surface area contributed by atoms with E-state index in [1.807, 2.05) is 35.7 Å². The number of carbonyl (C=O) groups is 1. The van der Waals surface area contributed by atoms with Crippen molar-refractivity contribution in [2.45, 2.75) is 6.54 Å². The lowest BCUT2D eigenvalue weighted by atomic mass is 10.2. The lowest BCUT2D eigenvalue weighted by Crippen LogP contribution is -2.30. The fourth-order valence-electron chi connectivity index (χ4n) is 1.92. The van der Waals surface area contributed by atoms with E-state index >= 15 is 0 Å². The van der Waals surface area contributed by atoms with E-state index in [1.54, 1.807) is 4.68 Å². The highest BCUT2D eigenvalue weighted by atomic mass is 32.1. The molecule has 0 aliphatic rings. The zero-order chi connectivity index (χ0) is 13.2. The van der Waals surface area contributed by atoms with Crippen LogP contribution in [0.5, 0.6) is 0 Å². The molecule has 3 rings (SSSR count). The second-order valence-electron chi connectivity index (χ2n) is 3.98. The molecule has 0 radical (unpaired) electrons. The van der Waals surface area contributed by atoms with Crippen LogP contribution >= 0.6 is 11.3 Å². The van der Waals surface area contributed by atoms with Crippen LogP contribution in [-0.4, -0.2) is 20.9 Å². The van der Waals surface area contributed by atoms with Gasteiger partial charge in [-0.3, -0.25) is 10.2 Å². The Labute approximate surface area is 112 Å². The standard InChI is InChI=1S/C12H11N5OS/c13-14-12(18)11-8(5-6-19-11)7-17-10-4-2-1-3-9(10)15-16-17/h1-6H,7,13H2,(H,14,18). The summed E-state index contributed by atoms with van der Waals surface area (Å²) < 4.78 is 1.77. The molecular weight excluding hydrogens is 262 g/mol. The van der Waals surface area contributed by atoms with Gasteiger partial charge in [0.1, 0.15) is 5.52 Å². The van der Waals surface area contributed by atoms with E-state index in [9.17, 15) is 4.79 Å². The molecule has 1 amide bonds. The molecule has 1 aromatic carbocycles. The maximum Gasteiger partial charge on any atom is 0.275 e. The summed E-state index contributed by atoms with van der Waals surface area (Å²) in [6.07, 6.45) is 0. The Balaban J connectivity index is 1.98. The largest absolute Gasteiger partial charge is 0.289 e. The molecule has 0 fully saturated rings. The van der Waals surface area contributed by atoms with E-state index in [0.29, 0.717) is 11.4 Å². The Kier molecular flexibility index (Phi) is 2.98. The molecule has 96 valence electrons. The number of nitrogens with one attached hydrogen (secondary N) is 1. The van der Waals surface area contributed by atoms with Crippen LogP contribution in [0.1, 0.15) is 15.2 Å². The molecule has 0 saturated carbocycles. The van der Waals surface area contributed by atoms with Crippen LogP contribution in [0.15, 0.2) is 35.7 Å². The smallest absolute Gasteiger partial charge is 0.275 e. The first-order valence-corrected chi connectivity index (χ1v) is 6.53. The number of nitrogen functional groups attached to an aromatic ring is 1. The zero-order valence-corrected chi connectivity index (χ0v) is 10.7. The van der Waals surface area contributed by atoms with Crippen molar-refractivity contribution in [1.29, 1.82) is 0 Å². The molecule has 6 nitrogen and oxygen atoms in total. The Hall–Kier alpha value is -2.25. The molecule has 2 heterocycles. The summed E-state index contributed by atoms with van der Waals surface area (Å²) in [5, 5.41) is 10.0. The number of nitrogens with zero attached hydrogens (tertiary/aromatic N) is 3. The number of hydrazine groups is 1. The molecule has 3 N–H and O–H groups in total. The van der Waals surface area contributed by atoms with Gasteiger partial charge < -0.3 is 0 Å². The van der Waals surface area contributed by atoms with Gasteiger partial charge in [0.05, 0.1) is 16.9 Å². The normalized spacial score (nSPS) is 10.8. The maximum atomic E-state index is 11.6. The highest BCUT2D eigenvalue weighted by molar-refractivity contribution is 7.12. The number of fused-ring (bicyclic) bond motifs is 1. The number of para-hydroxylation sites is 1. The Morgan fingerprint density at radius 2 is 2.21 bits per heavy atom. The van der Waals surface area contributed by atoms with Crippen LogP contribution in [0, 0.1) is 0 Å². The van der Waals surface area contributed by atoms with Crippen LogP contribution in [0.2, 0.25) is 0 Å². The Bertz CT molecular complexity index is 732. The number of benzene rings is 1. The van der Waals surface area contributed by atoms with Crippen LogP contribution in [0.25, 0.3) is 11.0 Å². The molecule has 2 aromatic heterocycles. The lowest BCUT2D eigenvalue weighted by molar-refractivity contribution is 0.0956. The van der Waals surface area contributed by atoms with Crippen molar-refractivity contribution in [1.82, 2.24) is 20.4 Å². The van der Waals surface area contributed by atoms with Crippen molar-refractivity contribution in [3.8, 4) is 0 Å². The molecule has 0 aliphatic heterocycles. The number of aromatic nitrogens is 3. The summed E-state index contributed by atoms with van der Waals surface area (Å²) >= 11 is 1.36. The summed E-state index contributed by atoms with van der Waals surface area (Å²) in [5.41, 5.74) is 4.80. The van der Waals surface area contributed by atoms with Crippen LogP contribution in [0.3, 0.4) is 0 Å². The molecule has 19 heavy (non-hydrogen) atoms. The number of amides is 1. The van der Waals surface area contributed by atoms with Gasteiger partial charge in [0.15, 0.2) is 0 Å². The third kappa shape index (κ3) is 2.09. The third-order valence-corrected chi connectivity index (χ3v) is 3.78. The fourth-order valence-corrected chi connectivity index (χ4v) is 2.74. The van der Waals surface area contributed by atoms with Gasteiger partial charge >= 0.3 is 0 Å². The molecule has 7 heteroatoms. The maximum absolute atomic E-state index is 11.6. The summed E-state index contributed by atoms with van der Waals surface area (Å²) in [4.78, 5) is 12.2. The molecule has 0 aliphatic carbocycles. The van der Waals surface area contributed by atoms with E-state index in [4.69, 9.17) is 5.84 Å². The molecule has 0 spiro atoms. The molecule has 0 saturated heterocycles. The number of carbonyl (C=O) groups excluding carboxylic acids is 1. The van der Waals surface area contributed by atoms with E-state index in [1.165, 1.54) is 11.3 Å². The summed E-state index contributed by atoms with van der Waals surface area (Å²) in [5.74, 6) is 4.89. The number of hydrogen-bond acceptors (Lipinski definition) is 5. The molecule has 0 unspecified atom stereocenters. The molecular formula is C12H11N5OS. The number of hydrogen-bond donors (Lipinski definition) is 2. The topological polar surface area (TPSA) is 85.8 Å². The average Bonchev–Trinajstić information content (AvgIpc) is 3.06. The average molecular weight is 273 g/mol. The van der Waals surface area contributed by atoms with Crippen LogP contribution in [0.4, 0.5) is 0 Å². The van der Waals surface area contributed by atoms with Gasteiger partial charge in [-0.05, 0) is 29.1 Å². The van der Waals surface area contributed by atoms with Gasteiger partial charge in [-0.15, -0.1) is 16.4 Å². The van der Waals surface area contributed by atoms with Crippen LogP contribution in [-0.2, 0) is 6.54 Å². The first kappa shape index (κ1) is 11.8. The summed E-state index contributed by atoms with van der Waals surface area (Å²) in [7, 11) is 0. The first-order valence-electron chi connectivity index (χ1n) is 5.65. The van der Waals surface area contributed by atoms with Gasteiger partial charge in [0, 0.05) is 0 Å². The molecule has 0 atom stereocenters. The first-order chi connectivity index (χ1) is 9.29. The van der Waals surface area contributed by atoms with Crippen molar-refractivity contribution in [2.75, 3.05) is 0 Å². The molecule has 3 aromatic rings. The minimum Gasteiger partial charge on any atom is -0.289 e. The third-order valence-electron chi connectivity index (χ3n) is 2.82.